The van der Waals surface area contributed by atoms with Gasteiger partial charge in [0.25, 0.3) is 5.56 Å². The Morgan fingerprint density at radius 3 is 3.00 bits per heavy atom. The maximum absolute atomic E-state index is 13.9. The Morgan fingerprint density at radius 2 is 2.19 bits per heavy atom. The van der Waals surface area contributed by atoms with Crippen LogP contribution >= 0.6 is 11.3 Å². The fraction of sp³-hybridized carbons (Fsp3) is 0.478. The molecule has 2 heterocycles. The van der Waals surface area contributed by atoms with Crippen molar-refractivity contribution < 1.29 is 13.5 Å². The molecule has 0 bridgehead atoms. The highest BCUT2D eigenvalue weighted by atomic mass is 32.1. The van der Waals surface area contributed by atoms with Gasteiger partial charge in [0.1, 0.15) is 16.5 Å². The first-order chi connectivity index (χ1) is 14.9. The van der Waals surface area contributed by atoms with Gasteiger partial charge >= 0.3 is 0 Å². The minimum Gasteiger partial charge on any atom is -0.379 e. The van der Waals surface area contributed by atoms with Gasteiger partial charge in [-0.3, -0.25) is 9.36 Å². The molecule has 3 aromatic rings. The van der Waals surface area contributed by atoms with Crippen LogP contribution in [-0.2, 0) is 30.7 Å². The van der Waals surface area contributed by atoms with E-state index in [-0.39, 0.29) is 24.2 Å². The highest BCUT2D eigenvalue weighted by Crippen LogP contribution is 2.33. The first kappa shape index (κ1) is 22.0. The Morgan fingerprint density at radius 1 is 1.35 bits per heavy atom. The number of thiophene rings is 1. The summed E-state index contributed by atoms with van der Waals surface area (Å²) in [5.74, 6) is -0.845. The molecule has 1 aliphatic carbocycles. The van der Waals surface area contributed by atoms with Gasteiger partial charge in [0.2, 0.25) is 0 Å². The number of nitrogens with one attached hydrogen (secondary N) is 1. The zero-order valence-electron chi connectivity index (χ0n) is 17.8. The molecule has 0 amide bonds. The second-order valence-electron chi connectivity index (χ2n) is 8.26. The first-order valence-electron chi connectivity index (χ1n) is 10.7. The summed E-state index contributed by atoms with van der Waals surface area (Å²) in [4.78, 5) is 19.5. The standard InChI is InChI=1S/C23H27F2N3O2S/c1-14(2)30-9-3-8-28-13-27-22-21(23(28)29)18-6-5-17(11-20(18)31-22)26-12-15-10-16(24)4-7-19(15)25/h4,7,10,13-14,17,26H,3,5-6,8-9,11-12H2,1-2H3. The molecule has 1 aliphatic rings. The van der Waals surface area contributed by atoms with Crippen LogP contribution in [0.4, 0.5) is 8.78 Å². The summed E-state index contributed by atoms with van der Waals surface area (Å²) in [6.45, 7) is 5.46. The molecule has 1 unspecified atom stereocenters. The normalized spacial score (nSPS) is 16.2. The van der Waals surface area contributed by atoms with Gasteiger partial charge in [-0.25, -0.2) is 13.8 Å². The smallest absolute Gasteiger partial charge is 0.262 e. The molecule has 0 fully saturated rings. The van der Waals surface area contributed by atoms with Gasteiger partial charge in [0.15, 0.2) is 0 Å². The molecular weight excluding hydrogens is 420 g/mol. The number of halogens is 2. The number of fused-ring (bicyclic) bond motifs is 3. The Hall–Kier alpha value is -2.16. The molecule has 1 atom stereocenters. The molecule has 0 spiro atoms. The van der Waals surface area contributed by atoms with Gasteiger partial charge in [0, 0.05) is 36.2 Å². The predicted octanol–water partition coefficient (Wildman–Crippen LogP) is 4.20. The van der Waals surface area contributed by atoms with Gasteiger partial charge in [-0.1, -0.05) is 0 Å². The lowest BCUT2D eigenvalue weighted by atomic mass is 9.93. The summed E-state index contributed by atoms with van der Waals surface area (Å²) < 4.78 is 34.5. The monoisotopic (exact) mass is 447 g/mol. The second kappa shape index (κ2) is 9.54. The molecule has 5 nitrogen and oxygen atoms in total. The third-order valence-corrected chi connectivity index (χ3v) is 6.78. The second-order valence-corrected chi connectivity index (χ2v) is 9.34. The maximum atomic E-state index is 13.9. The van der Waals surface area contributed by atoms with E-state index < -0.39 is 11.6 Å². The lowest BCUT2D eigenvalue weighted by molar-refractivity contribution is 0.0747. The molecule has 0 saturated carbocycles. The largest absolute Gasteiger partial charge is 0.379 e. The van der Waals surface area contributed by atoms with Crippen LogP contribution < -0.4 is 10.9 Å². The molecule has 2 aromatic heterocycles. The summed E-state index contributed by atoms with van der Waals surface area (Å²) in [6, 6.07) is 3.66. The molecule has 0 saturated heterocycles. The van der Waals surface area contributed by atoms with Crippen LogP contribution in [0.3, 0.4) is 0 Å². The fourth-order valence-electron chi connectivity index (χ4n) is 4.02. The molecule has 1 aromatic carbocycles. The Bertz CT molecular complexity index is 1130. The van der Waals surface area contributed by atoms with Crippen molar-refractivity contribution in [2.45, 2.75) is 64.8 Å². The average Bonchev–Trinajstić information content (AvgIpc) is 3.11. The van der Waals surface area contributed by atoms with Crippen molar-refractivity contribution in [3.8, 4) is 0 Å². The van der Waals surface area contributed by atoms with E-state index in [1.807, 2.05) is 13.8 Å². The molecular formula is C23H27F2N3O2S. The average molecular weight is 448 g/mol. The maximum Gasteiger partial charge on any atom is 0.262 e. The number of hydrogen-bond acceptors (Lipinski definition) is 5. The van der Waals surface area contributed by atoms with Gasteiger partial charge in [0.05, 0.1) is 17.8 Å². The third-order valence-electron chi connectivity index (χ3n) is 5.62. The van der Waals surface area contributed by atoms with E-state index in [1.54, 1.807) is 22.2 Å². The predicted molar refractivity (Wildman–Crippen MR) is 119 cm³/mol. The van der Waals surface area contributed by atoms with Crippen LogP contribution in [-0.4, -0.2) is 28.3 Å². The summed E-state index contributed by atoms with van der Waals surface area (Å²) >= 11 is 1.56. The molecule has 31 heavy (non-hydrogen) atoms. The number of rotatable bonds is 8. The SMILES string of the molecule is CC(C)OCCCn1cnc2sc3c(c2c1=O)CCC(NCc1cc(F)ccc1F)C3. The Balaban J connectivity index is 1.45. The van der Waals surface area contributed by atoms with Crippen LogP contribution in [0.5, 0.6) is 0 Å². The quantitative estimate of drug-likeness (QED) is 0.526. The van der Waals surface area contributed by atoms with Crippen molar-refractivity contribution in [1.29, 1.82) is 0 Å². The molecule has 0 aliphatic heterocycles. The highest BCUT2D eigenvalue weighted by Gasteiger charge is 2.25. The van der Waals surface area contributed by atoms with E-state index in [2.05, 4.69) is 10.3 Å². The summed E-state index contributed by atoms with van der Waals surface area (Å²) in [5, 5.41) is 4.08. The van der Waals surface area contributed by atoms with Gasteiger partial charge in [-0.2, -0.15) is 0 Å². The topological polar surface area (TPSA) is 56.2 Å². The van der Waals surface area contributed by atoms with Crippen LogP contribution in [0.2, 0.25) is 0 Å². The van der Waals surface area contributed by atoms with Crippen molar-refractivity contribution in [2.24, 2.45) is 0 Å². The summed E-state index contributed by atoms with van der Waals surface area (Å²) in [5.41, 5.74) is 1.44. The van der Waals surface area contributed by atoms with Crippen molar-refractivity contribution in [2.75, 3.05) is 6.61 Å². The number of benzene rings is 1. The lowest BCUT2D eigenvalue weighted by Gasteiger charge is -2.23. The van der Waals surface area contributed by atoms with Crippen LogP contribution in [0.25, 0.3) is 10.2 Å². The summed E-state index contributed by atoms with van der Waals surface area (Å²) in [7, 11) is 0. The number of aryl methyl sites for hydroxylation is 2. The van der Waals surface area contributed by atoms with Gasteiger partial charge in [-0.15, -0.1) is 11.3 Å². The number of hydrogen-bond donors (Lipinski definition) is 1. The van der Waals surface area contributed by atoms with E-state index in [4.69, 9.17) is 4.74 Å². The molecule has 166 valence electrons. The lowest BCUT2D eigenvalue weighted by Crippen LogP contribution is -2.34. The van der Waals surface area contributed by atoms with Crippen LogP contribution in [0, 0.1) is 11.6 Å². The third kappa shape index (κ3) is 5.02. The van der Waals surface area contributed by atoms with Gasteiger partial charge < -0.3 is 10.1 Å². The number of ether oxygens (including phenoxy) is 1. The van der Waals surface area contributed by atoms with E-state index in [9.17, 15) is 13.6 Å². The minimum atomic E-state index is -0.438. The number of aromatic nitrogens is 2. The Kier molecular flexibility index (Phi) is 6.79. The van der Waals surface area contributed by atoms with Crippen molar-refractivity contribution in [3.63, 3.8) is 0 Å². The molecule has 1 N–H and O–H groups in total. The van der Waals surface area contributed by atoms with E-state index in [0.717, 1.165) is 58.5 Å². The Labute approximate surface area is 184 Å². The molecule has 8 heteroatoms. The number of nitrogens with zero attached hydrogens (tertiary/aromatic N) is 2. The zero-order valence-corrected chi connectivity index (χ0v) is 18.6. The van der Waals surface area contributed by atoms with Crippen LogP contribution in [0.1, 0.15) is 42.7 Å². The fourth-order valence-corrected chi connectivity index (χ4v) is 5.28. The molecule has 4 rings (SSSR count). The van der Waals surface area contributed by atoms with E-state index in [1.165, 1.54) is 6.07 Å². The highest BCUT2D eigenvalue weighted by molar-refractivity contribution is 7.18. The molecule has 0 radical (unpaired) electrons. The zero-order chi connectivity index (χ0) is 22.0. The van der Waals surface area contributed by atoms with Gasteiger partial charge in [-0.05, 0) is 63.3 Å². The van der Waals surface area contributed by atoms with Crippen LogP contribution in [0.15, 0.2) is 29.3 Å². The van der Waals surface area contributed by atoms with E-state index >= 15 is 0 Å². The van der Waals surface area contributed by atoms with E-state index in [0.29, 0.717) is 18.7 Å². The summed E-state index contributed by atoms with van der Waals surface area (Å²) in [6.07, 6.45) is 4.95. The van der Waals surface area contributed by atoms with Crippen molar-refractivity contribution >= 4 is 21.6 Å². The van der Waals surface area contributed by atoms with Crippen molar-refractivity contribution in [1.82, 2.24) is 14.9 Å². The first-order valence-corrected chi connectivity index (χ1v) is 11.5. The minimum absolute atomic E-state index is 0.0142. The van der Waals surface area contributed by atoms with Crippen molar-refractivity contribution in [3.05, 3.63) is 62.5 Å².